The molecule has 6 heteroatoms. The van der Waals surface area contributed by atoms with Gasteiger partial charge in [-0.2, -0.15) is 4.98 Å². The first kappa shape index (κ1) is 22.5. The fourth-order valence-corrected chi connectivity index (χ4v) is 4.12. The number of hydrogen-bond donors (Lipinski definition) is 0. The van der Waals surface area contributed by atoms with E-state index in [9.17, 15) is 4.79 Å². The van der Waals surface area contributed by atoms with Gasteiger partial charge in [-0.3, -0.25) is 9.69 Å². The van der Waals surface area contributed by atoms with Crippen LogP contribution in [0.3, 0.4) is 0 Å². The molecule has 0 N–H and O–H groups in total. The standard InChI is InChI=1S/C24H36N4O2/c1-17(2)21-10-8-20(9-11-21)15-27-13-6-7-22(16-27)28(19(5)29)14-12-23-25-24(18(3)4)30-26-23/h8-11,17-18,22H,6-7,12-16H2,1-5H3. The predicted octanol–water partition coefficient (Wildman–Crippen LogP) is 4.37. The van der Waals surface area contributed by atoms with Crippen LogP contribution in [0.15, 0.2) is 28.8 Å². The molecule has 2 aromatic rings. The molecule has 3 rings (SSSR count). The molecule has 1 amide bonds. The number of carbonyl (C=O) groups is 1. The second-order valence-corrected chi connectivity index (χ2v) is 9.09. The minimum Gasteiger partial charge on any atom is -0.339 e. The quantitative estimate of drug-likeness (QED) is 0.644. The smallest absolute Gasteiger partial charge is 0.229 e. The minimum absolute atomic E-state index is 0.121. The zero-order valence-corrected chi connectivity index (χ0v) is 19.1. The number of carbonyl (C=O) groups excluding carboxylic acids is 1. The van der Waals surface area contributed by atoms with E-state index in [0.29, 0.717) is 30.6 Å². The molecule has 1 aliphatic heterocycles. The van der Waals surface area contributed by atoms with Gasteiger partial charge in [0, 0.05) is 44.9 Å². The minimum atomic E-state index is 0.121. The third-order valence-corrected chi connectivity index (χ3v) is 5.93. The lowest BCUT2D eigenvalue weighted by Gasteiger charge is -2.39. The van der Waals surface area contributed by atoms with E-state index in [1.807, 2.05) is 18.7 Å². The van der Waals surface area contributed by atoms with E-state index in [1.165, 1.54) is 11.1 Å². The lowest BCUT2D eigenvalue weighted by molar-refractivity contribution is -0.132. The van der Waals surface area contributed by atoms with Gasteiger partial charge in [-0.25, -0.2) is 0 Å². The normalized spacial score (nSPS) is 17.6. The number of aromatic nitrogens is 2. The molecular formula is C24H36N4O2. The van der Waals surface area contributed by atoms with Gasteiger partial charge < -0.3 is 9.42 Å². The number of piperidine rings is 1. The summed E-state index contributed by atoms with van der Waals surface area (Å²) < 4.78 is 5.30. The summed E-state index contributed by atoms with van der Waals surface area (Å²) in [4.78, 5) is 21.3. The van der Waals surface area contributed by atoms with Crippen molar-refractivity contribution >= 4 is 5.91 Å². The Labute approximate surface area is 180 Å². The van der Waals surface area contributed by atoms with Crippen LogP contribution in [0.4, 0.5) is 0 Å². The molecule has 1 atom stereocenters. The molecule has 1 unspecified atom stereocenters. The molecular weight excluding hydrogens is 376 g/mol. The van der Waals surface area contributed by atoms with E-state index in [0.717, 1.165) is 32.5 Å². The molecule has 1 fully saturated rings. The third-order valence-electron chi connectivity index (χ3n) is 5.93. The van der Waals surface area contributed by atoms with Crippen LogP contribution in [-0.2, 0) is 17.8 Å². The molecule has 1 aliphatic rings. The average molecular weight is 413 g/mol. The molecule has 1 aromatic heterocycles. The van der Waals surface area contributed by atoms with Gasteiger partial charge >= 0.3 is 0 Å². The number of nitrogens with zero attached hydrogens (tertiary/aromatic N) is 4. The maximum Gasteiger partial charge on any atom is 0.229 e. The van der Waals surface area contributed by atoms with Crippen molar-refractivity contribution in [2.24, 2.45) is 0 Å². The van der Waals surface area contributed by atoms with E-state index in [2.05, 4.69) is 53.2 Å². The van der Waals surface area contributed by atoms with Crippen molar-refractivity contribution in [2.45, 2.75) is 78.3 Å². The van der Waals surface area contributed by atoms with Gasteiger partial charge in [0.25, 0.3) is 0 Å². The summed E-state index contributed by atoms with van der Waals surface area (Å²) in [6.07, 6.45) is 2.78. The molecule has 0 aliphatic carbocycles. The van der Waals surface area contributed by atoms with E-state index in [-0.39, 0.29) is 17.9 Å². The maximum atomic E-state index is 12.4. The number of rotatable bonds is 8. The Kier molecular flexibility index (Phi) is 7.64. The Morgan fingerprint density at radius 1 is 1.20 bits per heavy atom. The molecule has 6 nitrogen and oxygen atoms in total. The van der Waals surface area contributed by atoms with Crippen LogP contribution in [0.2, 0.25) is 0 Å². The molecule has 164 valence electrons. The van der Waals surface area contributed by atoms with Gasteiger partial charge in [0.05, 0.1) is 0 Å². The molecule has 2 heterocycles. The number of likely N-dealkylation sites (tertiary alicyclic amines) is 1. The van der Waals surface area contributed by atoms with E-state index in [1.54, 1.807) is 6.92 Å². The molecule has 1 saturated heterocycles. The Balaban J connectivity index is 1.58. The van der Waals surface area contributed by atoms with Crippen LogP contribution in [-0.4, -0.2) is 51.5 Å². The highest BCUT2D eigenvalue weighted by Gasteiger charge is 2.27. The molecule has 30 heavy (non-hydrogen) atoms. The average Bonchev–Trinajstić information content (AvgIpc) is 3.18. The summed E-state index contributed by atoms with van der Waals surface area (Å²) >= 11 is 0. The first-order valence-corrected chi connectivity index (χ1v) is 11.2. The van der Waals surface area contributed by atoms with Crippen LogP contribution in [0.5, 0.6) is 0 Å². The fourth-order valence-electron chi connectivity index (χ4n) is 4.12. The van der Waals surface area contributed by atoms with Crippen molar-refractivity contribution in [3.63, 3.8) is 0 Å². The van der Waals surface area contributed by atoms with Gasteiger partial charge in [-0.05, 0) is 36.4 Å². The Morgan fingerprint density at radius 3 is 2.53 bits per heavy atom. The lowest BCUT2D eigenvalue weighted by atomic mass is 10.00. The van der Waals surface area contributed by atoms with E-state index < -0.39 is 0 Å². The fraction of sp³-hybridized carbons (Fsp3) is 0.625. The van der Waals surface area contributed by atoms with Crippen molar-refractivity contribution < 1.29 is 9.32 Å². The summed E-state index contributed by atoms with van der Waals surface area (Å²) in [5.74, 6) is 2.24. The first-order chi connectivity index (χ1) is 14.3. The SMILES string of the molecule is CC(=O)N(CCc1noc(C(C)C)n1)C1CCCN(Cc2ccc(C(C)C)cc2)C1. The lowest BCUT2D eigenvalue weighted by Crippen LogP contribution is -2.50. The van der Waals surface area contributed by atoms with Crippen molar-refractivity contribution in [3.05, 3.63) is 47.1 Å². The highest BCUT2D eigenvalue weighted by Crippen LogP contribution is 2.21. The number of hydrogen-bond acceptors (Lipinski definition) is 5. The summed E-state index contributed by atoms with van der Waals surface area (Å²) in [6, 6.07) is 9.19. The number of benzene rings is 1. The molecule has 0 spiro atoms. The van der Waals surface area contributed by atoms with Crippen LogP contribution in [0, 0.1) is 0 Å². The predicted molar refractivity (Wildman–Crippen MR) is 118 cm³/mol. The topological polar surface area (TPSA) is 62.5 Å². The Morgan fingerprint density at radius 2 is 1.93 bits per heavy atom. The Bertz CT molecular complexity index is 813. The Hall–Kier alpha value is -2.21. The highest BCUT2D eigenvalue weighted by molar-refractivity contribution is 5.73. The van der Waals surface area contributed by atoms with Gasteiger partial charge in [0.15, 0.2) is 5.82 Å². The summed E-state index contributed by atoms with van der Waals surface area (Å²) in [6.45, 7) is 13.7. The van der Waals surface area contributed by atoms with Crippen LogP contribution < -0.4 is 0 Å². The second-order valence-electron chi connectivity index (χ2n) is 9.09. The largest absolute Gasteiger partial charge is 0.339 e. The van der Waals surface area contributed by atoms with E-state index in [4.69, 9.17) is 4.52 Å². The van der Waals surface area contributed by atoms with Crippen molar-refractivity contribution in [3.8, 4) is 0 Å². The van der Waals surface area contributed by atoms with Gasteiger partial charge in [-0.1, -0.05) is 57.1 Å². The summed E-state index contributed by atoms with van der Waals surface area (Å²) in [7, 11) is 0. The maximum absolute atomic E-state index is 12.4. The van der Waals surface area contributed by atoms with Crippen molar-refractivity contribution in [1.82, 2.24) is 19.9 Å². The van der Waals surface area contributed by atoms with E-state index >= 15 is 0 Å². The molecule has 0 saturated carbocycles. The van der Waals surface area contributed by atoms with Gasteiger partial charge in [-0.15, -0.1) is 0 Å². The van der Waals surface area contributed by atoms with Crippen molar-refractivity contribution in [1.29, 1.82) is 0 Å². The molecule has 0 radical (unpaired) electrons. The second kappa shape index (κ2) is 10.2. The summed E-state index contributed by atoms with van der Waals surface area (Å²) in [5.41, 5.74) is 2.71. The van der Waals surface area contributed by atoms with Crippen molar-refractivity contribution in [2.75, 3.05) is 19.6 Å². The molecule has 0 bridgehead atoms. The zero-order valence-electron chi connectivity index (χ0n) is 19.1. The van der Waals surface area contributed by atoms with Gasteiger partial charge in [0.2, 0.25) is 11.8 Å². The summed E-state index contributed by atoms with van der Waals surface area (Å²) in [5, 5.41) is 4.07. The first-order valence-electron chi connectivity index (χ1n) is 11.2. The van der Waals surface area contributed by atoms with Crippen LogP contribution >= 0.6 is 0 Å². The molecule has 1 aromatic carbocycles. The highest BCUT2D eigenvalue weighted by atomic mass is 16.5. The number of amides is 1. The third kappa shape index (κ3) is 5.91. The van der Waals surface area contributed by atoms with Crippen LogP contribution in [0.1, 0.15) is 82.1 Å². The zero-order chi connectivity index (χ0) is 21.7. The van der Waals surface area contributed by atoms with Gasteiger partial charge in [0.1, 0.15) is 0 Å². The van der Waals surface area contributed by atoms with Crippen LogP contribution in [0.25, 0.3) is 0 Å². The monoisotopic (exact) mass is 412 g/mol.